The maximum Gasteiger partial charge on any atom is 0.227 e. The summed E-state index contributed by atoms with van der Waals surface area (Å²) in [5.74, 6) is 3.38. The van der Waals surface area contributed by atoms with Gasteiger partial charge in [-0.3, -0.25) is 4.79 Å². The molecular weight excluding hydrogens is 454 g/mol. The summed E-state index contributed by atoms with van der Waals surface area (Å²) < 4.78 is 19.0. The molecular formula is C29H31N3O4. The molecule has 3 aromatic carbocycles. The second-order valence-corrected chi connectivity index (χ2v) is 8.92. The van der Waals surface area contributed by atoms with Gasteiger partial charge in [0.15, 0.2) is 0 Å². The third-order valence-corrected chi connectivity index (χ3v) is 6.64. The number of ether oxygens (including phenoxy) is 3. The fourth-order valence-corrected chi connectivity index (χ4v) is 4.86. The van der Waals surface area contributed by atoms with E-state index < -0.39 is 0 Å². The van der Waals surface area contributed by atoms with Crippen LogP contribution in [0.2, 0.25) is 0 Å². The fourth-order valence-electron chi connectivity index (χ4n) is 4.86. The molecule has 1 unspecified atom stereocenters. The summed E-state index contributed by atoms with van der Waals surface area (Å²) in [5, 5.41) is 0. The van der Waals surface area contributed by atoms with Crippen molar-refractivity contribution in [2.75, 3.05) is 32.3 Å². The SMILES string of the molecule is COc1cccc(OCCCCn2c(C3CC(=O)N(c4ccccc4OC)C3)nc3ccccc32)c1. The largest absolute Gasteiger partial charge is 0.497 e. The molecule has 1 saturated heterocycles. The van der Waals surface area contributed by atoms with Gasteiger partial charge >= 0.3 is 0 Å². The van der Waals surface area contributed by atoms with Crippen molar-refractivity contribution in [1.82, 2.24) is 9.55 Å². The minimum Gasteiger partial charge on any atom is -0.497 e. The first-order chi connectivity index (χ1) is 17.7. The van der Waals surface area contributed by atoms with Crippen LogP contribution in [0.15, 0.2) is 72.8 Å². The predicted molar refractivity (Wildman–Crippen MR) is 140 cm³/mol. The molecule has 1 amide bonds. The van der Waals surface area contributed by atoms with Crippen molar-refractivity contribution in [2.24, 2.45) is 0 Å². The quantitative estimate of drug-likeness (QED) is 0.280. The predicted octanol–water partition coefficient (Wildman–Crippen LogP) is 5.43. The molecule has 1 atom stereocenters. The number of hydrogen-bond acceptors (Lipinski definition) is 5. The number of nitrogens with zero attached hydrogens (tertiary/aromatic N) is 3. The van der Waals surface area contributed by atoms with Gasteiger partial charge in [-0.15, -0.1) is 0 Å². The molecule has 0 aliphatic carbocycles. The monoisotopic (exact) mass is 485 g/mol. The lowest BCUT2D eigenvalue weighted by Gasteiger charge is -2.19. The minimum absolute atomic E-state index is 0.0165. The van der Waals surface area contributed by atoms with E-state index in [1.165, 1.54) is 0 Å². The Hall–Kier alpha value is -4.00. The second kappa shape index (κ2) is 10.7. The van der Waals surface area contributed by atoms with Gasteiger partial charge in [-0.1, -0.05) is 30.3 Å². The summed E-state index contributed by atoms with van der Waals surface area (Å²) in [4.78, 5) is 19.8. The lowest BCUT2D eigenvalue weighted by molar-refractivity contribution is -0.117. The van der Waals surface area contributed by atoms with Gasteiger partial charge in [0.2, 0.25) is 5.91 Å². The molecule has 186 valence electrons. The van der Waals surface area contributed by atoms with E-state index in [4.69, 9.17) is 19.2 Å². The van der Waals surface area contributed by atoms with Crippen LogP contribution in [0.5, 0.6) is 17.2 Å². The van der Waals surface area contributed by atoms with Gasteiger partial charge in [0.1, 0.15) is 23.1 Å². The lowest BCUT2D eigenvalue weighted by Crippen LogP contribution is -2.25. The average molecular weight is 486 g/mol. The zero-order valence-electron chi connectivity index (χ0n) is 20.7. The van der Waals surface area contributed by atoms with Gasteiger partial charge < -0.3 is 23.7 Å². The maximum atomic E-state index is 13.0. The summed E-state index contributed by atoms with van der Waals surface area (Å²) in [6.45, 7) is 2.02. The van der Waals surface area contributed by atoms with Crippen molar-refractivity contribution in [3.8, 4) is 17.2 Å². The van der Waals surface area contributed by atoms with Crippen molar-refractivity contribution >= 4 is 22.6 Å². The second-order valence-electron chi connectivity index (χ2n) is 8.92. The molecule has 1 fully saturated rings. The van der Waals surface area contributed by atoms with Crippen LogP contribution in [0.1, 0.15) is 31.0 Å². The molecule has 0 saturated carbocycles. The van der Waals surface area contributed by atoms with Crippen LogP contribution in [0.3, 0.4) is 0 Å². The van der Waals surface area contributed by atoms with Crippen molar-refractivity contribution in [3.63, 3.8) is 0 Å². The van der Waals surface area contributed by atoms with Crippen LogP contribution in [-0.4, -0.2) is 42.8 Å². The van der Waals surface area contributed by atoms with E-state index in [1.54, 1.807) is 14.2 Å². The number of amides is 1. The van der Waals surface area contributed by atoms with Crippen LogP contribution in [0.4, 0.5) is 5.69 Å². The highest BCUT2D eigenvalue weighted by Crippen LogP contribution is 2.37. The molecule has 5 rings (SSSR count). The summed E-state index contributed by atoms with van der Waals surface area (Å²) in [5.41, 5.74) is 2.87. The summed E-state index contributed by atoms with van der Waals surface area (Å²) >= 11 is 0. The van der Waals surface area contributed by atoms with E-state index in [2.05, 4.69) is 10.6 Å². The van der Waals surface area contributed by atoms with Crippen molar-refractivity contribution in [1.29, 1.82) is 0 Å². The first kappa shape index (κ1) is 23.7. The Morgan fingerprint density at radius 3 is 2.58 bits per heavy atom. The number of aryl methyl sites for hydroxylation is 1. The van der Waals surface area contributed by atoms with Gasteiger partial charge in [-0.05, 0) is 49.2 Å². The van der Waals surface area contributed by atoms with E-state index in [9.17, 15) is 4.79 Å². The Bertz CT molecular complexity index is 1350. The van der Waals surface area contributed by atoms with E-state index >= 15 is 0 Å². The topological polar surface area (TPSA) is 65.8 Å². The summed E-state index contributed by atoms with van der Waals surface area (Å²) in [7, 11) is 3.29. The Labute approximate surface area is 211 Å². The molecule has 36 heavy (non-hydrogen) atoms. The highest BCUT2D eigenvalue weighted by Gasteiger charge is 2.35. The molecule has 4 aromatic rings. The standard InChI is InChI=1S/C29H31N3O4/c1-34-22-10-9-11-23(19-22)36-17-8-7-16-31-25-13-4-3-12-24(25)30-29(31)21-18-28(33)32(20-21)26-14-5-6-15-27(26)35-2/h3-6,9-15,19,21H,7-8,16-18,20H2,1-2H3. The van der Waals surface area contributed by atoms with Gasteiger partial charge in [0.25, 0.3) is 0 Å². The maximum absolute atomic E-state index is 13.0. The van der Waals surface area contributed by atoms with Crippen LogP contribution >= 0.6 is 0 Å². The third-order valence-electron chi connectivity index (χ3n) is 6.64. The zero-order chi connectivity index (χ0) is 24.9. The number of anilines is 1. The van der Waals surface area contributed by atoms with E-state index in [0.29, 0.717) is 25.3 Å². The number of methoxy groups -OCH3 is 2. The molecule has 7 heteroatoms. The zero-order valence-corrected chi connectivity index (χ0v) is 20.7. The number of benzene rings is 3. The smallest absolute Gasteiger partial charge is 0.227 e. The van der Waals surface area contributed by atoms with Gasteiger partial charge in [-0.25, -0.2) is 4.98 Å². The highest BCUT2D eigenvalue weighted by atomic mass is 16.5. The van der Waals surface area contributed by atoms with Crippen LogP contribution in [0.25, 0.3) is 11.0 Å². The van der Waals surface area contributed by atoms with Crippen LogP contribution in [0, 0.1) is 0 Å². The lowest BCUT2D eigenvalue weighted by atomic mass is 10.1. The minimum atomic E-state index is 0.0165. The number of carbonyl (C=O) groups excluding carboxylic acids is 1. The summed E-state index contributed by atoms with van der Waals surface area (Å²) in [6.07, 6.45) is 2.27. The van der Waals surface area contributed by atoms with Crippen molar-refractivity contribution < 1.29 is 19.0 Å². The highest BCUT2D eigenvalue weighted by molar-refractivity contribution is 5.97. The third kappa shape index (κ3) is 4.87. The molecule has 1 aliphatic rings. The molecule has 2 heterocycles. The van der Waals surface area contributed by atoms with E-state index in [0.717, 1.165) is 53.4 Å². The molecule has 7 nitrogen and oxygen atoms in total. The van der Waals surface area contributed by atoms with Gasteiger partial charge in [0, 0.05) is 31.5 Å². The van der Waals surface area contributed by atoms with Crippen LogP contribution in [-0.2, 0) is 11.3 Å². The number of hydrogen-bond donors (Lipinski definition) is 0. The van der Waals surface area contributed by atoms with Crippen molar-refractivity contribution in [2.45, 2.75) is 31.7 Å². The molecule has 0 N–H and O–H groups in total. The van der Waals surface area contributed by atoms with Crippen molar-refractivity contribution in [3.05, 3.63) is 78.6 Å². The molecule has 0 radical (unpaired) electrons. The number of fused-ring (bicyclic) bond motifs is 1. The van der Waals surface area contributed by atoms with E-state index in [1.807, 2.05) is 71.6 Å². The Kier molecular flexibility index (Phi) is 7.07. The molecule has 1 aliphatic heterocycles. The average Bonchev–Trinajstić information content (AvgIpc) is 3.49. The summed E-state index contributed by atoms with van der Waals surface area (Å²) in [6, 6.07) is 23.5. The molecule has 0 spiro atoms. The molecule has 0 bridgehead atoms. The number of rotatable bonds is 10. The number of unbranched alkanes of at least 4 members (excludes halogenated alkanes) is 1. The number of para-hydroxylation sites is 4. The number of carbonyl (C=O) groups is 1. The molecule has 1 aromatic heterocycles. The van der Waals surface area contributed by atoms with Gasteiger partial charge in [-0.2, -0.15) is 0 Å². The first-order valence-electron chi connectivity index (χ1n) is 12.3. The number of aromatic nitrogens is 2. The normalized spacial score (nSPS) is 15.4. The Morgan fingerprint density at radius 2 is 1.72 bits per heavy atom. The first-order valence-corrected chi connectivity index (χ1v) is 12.3. The van der Waals surface area contributed by atoms with Crippen LogP contribution < -0.4 is 19.1 Å². The van der Waals surface area contributed by atoms with E-state index in [-0.39, 0.29) is 11.8 Å². The Morgan fingerprint density at radius 1 is 0.917 bits per heavy atom. The fraction of sp³-hybridized carbons (Fsp3) is 0.310. The number of imidazole rings is 1. The Balaban J connectivity index is 1.29. The van der Waals surface area contributed by atoms with Gasteiger partial charge in [0.05, 0.1) is 37.5 Å².